The number of rotatable bonds is 9. The van der Waals surface area contributed by atoms with Crippen molar-refractivity contribution in [3.63, 3.8) is 0 Å². The molecule has 2 atom stereocenters. The van der Waals surface area contributed by atoms with Gasteiger partial charge in [0.15, 0.2) is 0 Å². The second-order valence-electron chi connectivity index (χ2n) is 8.74. The van der Waals surface area contributed by atoms with Crippen LogP contribution in [-0.2, 0) is 6.42 Å². The van der Waals surface area contributed by atoms with E-state index in [0.717, 1.165) is 18.9 Å². The van der Waals surface area contributed by atoms with Gasteiger partial charge in [-0.25, -0.2) is 0 Å². The Morgan fingerprint density at radius 3 is 2.03 bits per heavy atom. The number of nitrogens with one attached hydrogen (secondary N) is 2. The van der Waals surface area contributed by atoms with Gasteiger partial charge in [-0.2, -0.15) is 0 Å². The van der Waals surface area contributed by atoms with Crippen LogP contribution in [0.3, 0.4) is 0 Å². The molecule has 3 aromatic carbocycles. The molecule has 1 saturated carbocycles. The molecule has 5 rings (SSSR count). The van der Waals surface area contributed by atoms with E-state index in [1.54, 1.807) is 0 Å². The lowest BCUT2D eigenvalue weighted by atomic mass is 9.97. The van der Waals surface area contributed by atoms with Gasteiger partial charge >= 0.3 is 0 Å². The standard InChI is InChI=1S/C27H30N2O/c30-26(18-28-17-20-14-15-20)25(16-19-8-2-1-3-9-19)29-27-23-12-6-4-10-21(23)22-11-5-7-13-24(22)27/h1-13,20,25-30H,14-18H2/t25-,26+/m0/s1. The van der Waals surface area contributed by atoms with Gasteiger partial charge in [-0.05, 0) is 59.5 Å². The molecule has 0 aliphatic heterocycles. The first-order valence-electron chi connectivity index (χ1n) is 11.2. The third kappa shape index (κ3) is 4.20. The highest BCUT2D eigenvalue weighted by Gasteiger charge is 2.32. The van der Waals surface area contributed by atoms with Crippen LogP contribution in [0.4, 0.5) is 0 Å². The molecule has 3 aromatic rings. The Morgan fingerprint density at radius 1 is 0.800 bits per heavy atom. The van der Waals surface area contributed by atoms with Crippen LogP contribution in [0.15, 0.2) is 78.9 Å². The average molecular weight is 399 g/mol. The summed E-state index contributed by atoms with van der Waals surface area (Å²) in [5, 5.41) is 18.5. The zero-order valence-corrected chi connectivity index (χ0v) is 17.3. The van der Waals surface area contributed by atoms with Crippen molar-refractivity contribution in [2.75, 3.05) is 13.1 Å². The maximum absolute atomic E-state index is 11.1. The Labute approximate surface area is 179 Å². The molecule has 30 heavy (non-hydrogen) atoms. The number of benzene rings is 3. The Balaban J connectivity index is 1.39. The number of hydrogen-bond donors (Lipinski definition) is 3. The minimum absolute atomic E-state index is 0.0386. The predicted molar refractivity (Wildman–Crippen MR) is 122 cm³/mol. The summed E-state index contributed by atoms with van der Waals surface area (Å²) in [6.07, 6.45) is 2.99. The van der Waals surface area contributed by atoms with E-state index in [4.69, 9.17) is 0 Å². The highest BCUT2D eigenvalue weighted by atomic mass is 16.3. The van der Waals surface area contributed by atoms with Gasteiger partial charge in [0.05, 0.1) is 12.1 Å². The number of aliphatic hydroxyl groups is 1. The van der Waals surface area contributed by atoms with E-state index in [1.807, 2.05) is 6.07 Å². The second kappa shape index (κ2) is 8.73. The van der Waals surface area contributed by atoms with Gasteiger partial charge in [0.1, 0.15) is 0 Å². The molecular weight excluding hydrogens is 368 g/mol. The summed E-state index contributed by atoms with van der Waals surface area (Å²) in [7, 11) is 0. The molecule has 0 heterocycles. The molecule has 154 valence electrons. The Hall–Kier alpha value is -2.46. The lowest BCUT2D eigenvalue weighted by molar-refractivity contribution is 0.121. The van der Waals surface area contributed by atoms with E-state index < -0.39 is 6.10 Å². The maximum atomic E-state index is 11.1. The summed E-state index contributed by atoms with van der Waals surface area (Å²) in [5.41, 5.74) is 6.44. The molecule has 3 nitrogen and oxygen atoms in total. The van der Waals surface area contributed by atoms with E-state index in [2.05, 4.69) is 83.4 Å². The van der Waals surface area contributed by atoms with Gasteiger partial charge in [-0.15, -0.1) is 0 Å². The Bertz CT molecular complexity index is 937. The van der Waals surface area contributed by atoms with Crippen LogP contribution in [0.5, 0.6) is 0 Å². The van der Waals surface area contributed by atoms with E-state index in [-0.39, 0.29) is 12.1 Å². The summed E-state index contributed by atoms with van der Waals surface area (Å²) in [6.45, 7) is 1.64. The van der Waals surface area contributed by atoms with E-state index >= 15 is 0 Å². The molecule has 2 aliphatic carbocycles. The highest BCUT2D eigenvalue weighted by Crippen LogP contribution is 2.43. The van der Waals surface area contributed by atoms with Crippen molar-refractivity contribution in [1.82, 2.24) is 10.6 Å². The van der Waals surface area contributed by atoms with Crippen molar-refractivity contribution in [3.8, 4) is 11.1 Å². The minimum Gasteiger partial charge on any atom is -0.390 e. The summed E-state index contributed by atoms with van der Waals surface area (Å²) in [4.78, 5) is 0. The molecule has 3 heteroatoms. The van der Waals surface area contributed by atoms with Crippen molar-refractivity contribution >= 4 is 0 Å². The lowest BCUT2D eigenvalue weighted by Crippen LogP contribution is -2.48. The summed E-state index contributed by atoms with van der Waals surface area (Å²) in [6, 6.07) is 27.8. The van der Waals surface area contributed by atoms with Gasteiger partial charge in [0.2, 0.25) is 0 Å². The van der Waals surface area contributed by atoms with Crippen molar-refractivity contribution < 1.29 is 5.11 Å². The fraction of sp³-hybridized carbons (Fsp3) is 0.333. The van der Waals surface area contributed by atoms with Crippen LogP contribution in [0.1, 0.15) is 35.6 Å². The van der Waals surface area contributed by atoms with E-state index in [0.29, 0.717) is 6.54 Å². The van der Waals surface area contributed by atoms with Crippen LogP contribution >= 0.6 is 0 Å². The van der Waals surface area contributed by atoms with Gasteiger partial charge in [0, 0.05) is 12.6 Å². The zero-order chi connectivity index (χ0) is 20.3. The van der Waals surface area contributed by atoms with E-state index in [1.165, 1.54) is 40.7 Å². The van der Waals surface area contributed by atoms with Crippen molar-refractivity contribution in [3.05, 3.63) is 95.6 Å². The molecule has 3 N–H and O–H groups in total. The normalized spacial score (nSPS) is 17.4. The van der Waals surface area contributed by atoms with Gasteiger partial charge in [0.25, 0.3) is 0 Å². The van der Waals surface area contributed by atoms with Gasteiger partial charge in [-0.3, -0.25) is 0 Å². The highest BCUT2D eigenvalue weighted by molar-refractivity contribution is 5.78. The average Bonchev–Trinajstić information content (AvgIpc) is 3.56. The minimum atomic E-state index is -0.455. The fourth-order valence-corrected chi connectivity index (χ4v) is 4.62. The third-order valence-corrected chi connectivity index (χ3v) is 6.46. The number of fused-ring (bicyclic) bond motifs is 3. The summed E-state index contributed by atoms with van der Waals surface area (Å²) in [5.74, 6) is 0.811. The second-order valence-corrected chi connectivity index (χ2v) is 8.74. The van der Waals surface area contributed by atoms with Crippen molar-refractivity contribution in [1.29, 1.82) is 0 Å². The fourth-order valence-electron chi connectivity index (χ4n) is 4.62. The third-order valence-electron chi connectivity index (χ3n) is 6.46. The zero-order valence-electron chi connectivity index (χ0n) is 17.3. The summed E-state index contributed by atoms with van der Waals surface area (Å²) < 4.78 is 0. The Morgan fingerprint density at radius 2 is 1.40 bits per heavy atom. The lowest BCUT2D eigenvalue weighted by Gasteiger charge is -2.29. The largest absolute Gasteiger partial charge is 0.390 e. The quantitative estimate of drug-likeness (QED) is 0.503. The summed E-state index contributed by atoms with van der Waals surface area (Å²) >= 11 is 0. The number of aliphatic hydroxyl groups excluding tert-OH is 1. The van der Waals surface area contributed by atoms with Crippen molar-refractivity contribution in [2.24, 2.45) is 5.92 Å². The topological polar surface area (TPSA) is 44.3 Å². The van der Waals surface area contributed by atoms with Crippen LogP contribution in [-0.4, -0.2) is 30.3 Å². The molecule has 0 aromatic heterocycles. The first kappa shape index (κ1) is 19.5. The monoisotopic (exact) mass is 398 g/mol. The predicted octanol–water partition coefficient (Wildman–Crippen LogP) is 4.32. The smallest absolute Gasteiger partial charge is 0.0820 e. The van der Waals surface area contributed by atoms with Crippen LogP contribution < -0.4 is 10.6 Å². The molecule has 0 amide bonds. The van der Waals surface area contributed by atoms with Crippen molar-refractivity contribution in [2.45, 2.75) is 37.5 Å². The van der Waals surface area contributed by atoms with Crippen LogP contribution in [0.25, 0.3) is 11.1 Å². The molecule has 1 fully saturated rings. The SMILES string of the molecule is O[C@H](CNCC1CC1)[C@H](Cc1ccccc1)NC1c2ccccc2-c2ccccc21. The maximum Gasteiger partial charge on any atom is 0.0820 e. The number of hydrogen-bond acceptors (Lipinski definition) is 3. The van der Waals surface area contributed by atoms with Gasteiger partial charge in [-0.1, -0.05) is 78.9 Å². The molecule has 0 spiro atoms. The molecule has 2 aliphatic rings. The van der Waals surface area contributed by atoms with Crippen LogP contribution in [0.2, 0.25) is 0 Å². The molecule has 0 saturated heterocycles. The first-order chi connectivity index (χ1) is 14.8. The van der Waals surface area contributed by atoms with Crippen LogP contribution in [0, 0.1) is 5.92 Å². The molecular formula is C27H30N2O. The van der Waals surface area contributed by atoms with Gasteiger partial charge < -0.3 is 15.7 Å². The Kier molecular flexibility index (Phi) is 5.67. The molecule has 0 radical (unpaired) electrons. The molecule has 0 unspecified atom stereocenters. The van der Waals surface area contributed by atoms with E-state index in [9.17, 15) is 5.11 Å². The molecule has 0 bridgehead atoms. The first-order valence-corrected chi connectivity index (χ1v) is 11.2.